The molecule has 0 amide bonds. The number of hydrogen-bond acceptors (Lipinski definition) is 4. The number of aromatic carboxylic acids is 1. The normalized spacial score (nSPS) is 11.2. The van der Waals surface area contributed by atoms with E-state index < -0.39 is 5.97 Å². The Morgan fingerprint density at radius 2 is 2.16 bits per heavy atom. The van der Waals surface area contributed by atoms with Crippen molar-refractivity contribution in [2.45, 2.75) is 13.3 Å². The molecule has 3 N–H and O–H groups in total. The standard InChI is InChI=1S/C14H12N2O2S/c1-2-7-5-8-9-6-12(14(17)18)19-11(9)4-3-10(8)16-13(7)15/h3-6H,2H2,1H3,(H2,15,16)(H,17,18). The molecule has 5 heteroatoms. The largest absolute Gasteiger partial charge is 0.477 e. The maximum absolute atomic E-state index is 11.1. The summed E-state index contributed by atoms with van der Waals surface area (Å²) in [5.74, 6) is -0.350. The molecule has 0 unspecified atom stereocenters. The fourth-order valence-corrected chi connectivity index (χ4v) is 3.13. The maximum Gasteiger partial charge on any atom is 0.345 e. The van der Waals surface area contributed by atoms with Crippen LogP contribution in [0.3, 0.4) is 0 Å². The molecule has 2 heterocycles. The van der Waals surface area contributed by atoms with Crippen molar-refractivity contribution in [3.63, 3.8) is 0 Å². The average Bonchev–Trinajstić information content (AvgIpc) is 2.82. The van der Waals surface area contributed by atoms with Gasteiger partial charge in [-0.1, -0.05) is 6.92 Å². The zero-order chi connectivity index (χ0) is 13.6. The molecule has 0 atom stereocenters. The third kappa shape index (κ3) is 1.82. The molecule has 0 bridgehead atoms. The van der Waals surface area contributed by atoms with E-state index in [-0.39, 0.29) is 0 Å². The van der Waals surface area contributed by atoms with Gasteiger partial charge in [0.1, 0.15) is 10.7 Å². The van der Waals surface area contributed by atoms with Gasteiger partial charge in [0, 0.05) is 15.5 Å². The van der Waals surface area contributed by atoms with E-state index in [1.54, 1.807) is 6.07 Å². The van der Waals surface area contributed by atoms with Gasteiger partial charge in [0.05, 0.1) is 5.52 Å². The van der Waals surface area contributed by atoms with E-state index in [9.17, 15) is 4.79 Å². The first-order valence-electron chi connectivity index (χ1n) is 5.95. The molecular formula is C14H12N2O2S. The van der Waals surface area contributed by atoms with Gasteiger partial charge in [0.25, 0.3) is 0 Å². The number of hydrogen-bond donors (Lipinski definition) is 2. The van der Waals surface area contributed by atoms with Gasteiger partial charge in [-0.15, -0.1) is 11.3 Å². The van der Waals surface area contributed by atoms with Crippen molar-refractivity contribution in [1.29, 1.82) is 0 Å². The number of carboxylic acids is 1. The van der Waals surface area contributed by atoms with Gasteiger partial charge in [0.15, 0.2) is 0 Å². The number of benzene rings is 1. The second-order valence-electron chi connectivity index (χ2n) is 4.35. The number of aromatic nitrogens is 1. The van der Waals surface area contributed by atoms with Crippen molar-refractivity contribution in [1.82, 2.24) is 4.98 Å². The molecule has 96 valence electrons. The maximum atomic E-state index is 11.1. The highest BCUT2D eigenvalue weighted by molar-refractivity contribution is 7.20. The zero-order valence-electron chi connectivity index (χ0n) is 10.3. The third-order valence-electron chi connectivity index (χ3n) is 3.20. The summed E-state index contributed by atoms with van der Waals surface area (Å²) < 4.78 is 0.957. The van der Waals surface area contributed by atoms with Crippen molar-refractivity contribution >= 4 is 44.1 Å². The molecule has 0 saturated carbocycles. The minimum Gasteiger partial charge on any atom is -0.477 e. The molecule has 0 aliphatic heterocycles. The zero-order valence-corrected chi connectivity index (χ0v) is 11.1. The van der Waals surface area contributed by atoms with Crippen molar-refractivity contribution < 1.29 is 9.90 Å². The number of nitrogens with two attached hydrogens (primary N) is 1. The van der Waals surface area contributed by atoms with Crippen LogP contribution in [-0.2, 0) is 6.42 Å². The lowest BCUT2D eigenvalue weighted by Gasteiger charge is -2.05. The van der Waals surface area contributed by atoms with E-state index in [2.05, 4.69) is 4.98 Å². The Kier molecular flexibility index (Phi) is 2.64. The van der Waals surface area contributed by atoms with Gasteiger partial charge in [0.2, 0.25) is 0 Å². The summed E-state index contributed by atoms with van der Waals surface area (Å²) in [6.07, 6.45) is 0.807. The van der Waals surface area contributed by atoms with Crippen LogP contribution in [0, 0.1) is 0 Å². The van der Waals surface area contributed by atoms with Crippen molar-refractivity contribution in [3.8, 4) is 0 Å². The summed E-state index contributed by atoms with van der Waals surface area (Å²) in [4.78, 5) is 15.8. The molecule has 0 spiro atoms. The lowest BCUT2D eigenvalue weighted by Crippen LogP contribution is -1.97. The first kappa shape index (κ1) is 11.9. The summed E-state index contributed by atoms with van der Waals surface area (Å²) >= 11 is 1.28. The highest BCUT2D eigenvalue weighted by atomic mass is 32.1. The van der Waals surface area contributed by atoms with Crippen LogP contribution in [0.25, 0.3) is 21.0 Å². The Balaban J connectivity index is 2.40. The lowest BCUT2D eigenvalue weighted by molar-refractivity contribution is 0.0702. The van der Waals surface area contributed by atoms with Crippen molar-refractivity contribution in [2.24, 2.45) is 0 Å². The summed E-state index contributed by atoms with van der Waals surface area (Å²) in [6, 6.07) is 7.50. The molecular weight excluding hydrogens is 260 g/mol. The Bertz CT molecular complexity index is 808. The van der Waals surface area contributed by atoms with Gasteiger partial charge in [-0.2, -0.15) is 0 Å². The van der Waals surface area contributed by atoms with E-state index >= 15 is 0 Å². The molecule has 1 aromatic carbocycles. The monoisotopic (exact) mass is 272 g/mol. The number of pyridine rings is 1. The smallest absolute Gasteiger partial charge is 0.345 e. The van der Waals surface area contributed by atoms with Gasteiger partial charge in [-0.25, -0.2) is 9.78 Å². The van der Waals surface area contributed by atoms with Crippen LogP contribution in [-0.4, -0.2) is 16.1 Å². The highest BCUT2D eigenvalue weighted by Gasteiger charge is 2.12. The number of carboxylic acid groups (broad SMARTS) is 1. The quantitative estimate of drug-likeness (QED) is 0.750. The number of nitrogens with zero attached hydrogens (tertiary/aromatic N) is 1. The SMILES string of the molecule is CCc1cc2c(ccc3sc(C(=O)O)cc32)nc1N. The van der Waals surface area contributed by atoms with Crippen LogP contribution in [0.15, 0.2) is 24.3 Å². The number of nitrogen functional groups attached to an aromatic ring is 1. The number of carbonyl (C=O) groups is 1. The van der Waals surface area contributed by atoms with Gasteiger partial charge < -0.3 is 10.8 Å². The number of anilines is 1. The Labute approximate surface area is 113 Å². The predicted molar refractivity (Wildman–Crippen MR) is 77.9 cm³/mol. The van der Waals surface area contributed by atoms with E-state index in [0.29, 0.717) is 10.7 Å². The van der Waals surface area contributed by atoms with Crippen LogP contribution in [0.1, 0.15) is 22.2 Å². The lowest BCUT2D eigenvalue weighted by atomic mass is 10.1. The van der Waals surface area contributed by atoms with Gasteiger partial charge in [-0.05, 0) is 36.2 Å². The molecule has 0 aliphatic rings. The second-order valence-corrected chi connectivity index (χ2v) is 5.43. The molecule has 3 rings (SSSR count). The highest BCUT2D eigenvalue weighted by Crippen LogP contribution is 2.32. The topological polar surface area (TPSA) is 76.2 Å². The second kappa shape index (κ2) is 4.20. The van der Waals surface area contributed by atoms with E-state index in [1.807, 2.05) is 25.1 Å². The molecule has 0 radical (unpaired) electrons. The Morgan fingerprint density at radius 1 is 1.37 bits per heavy atom. The molecule has 0 saturated heterocycles. The summed E-state index contributed by atoms with van der Waals surface area (Å²) in [5, 5.41) is 11.0. The number of rotatable bonds is 2. The first-order valence-corrected chi connectivity index (χ1v) is 6.76. The summed E-state index contributed by atoms with van der Waals surface area (Å²) in [5.41, 5.74) is 7.68. The van der Waals surface area contributed by atoms with Crippen molar-refractivity contribution in [3.05, 3.63) is 34.7 Å². The fourth-order valence-electron chi connectivity index (χ4n) is 2.21. The van der Waals surface area contributed by atoms with Gasteiger partial charge >= 0.3 is 5.97 Å². The number of fused-ring (bicyclic) bond motifs is 3. The first-order chi connectivity index (χ1) is 9.10. The van der Waals surface area contributed by atoms with Crippen LogP contribution >= 0.6 is 11.3 Å². The van der Waals surface area contributed by atoms with Crippen LogP contribution in [0.2, 0.25) is 0 Å². The number of thiophene rings is 1. The minimum atomic E-state index is -0.895. The number of aryl methyl sites for hydroxylation is 1. The van der Waals surface area contributed by atoms with Crippen LogP contribution < -0.4 is 5.73 Å². The molecule has 0 aliphatic carbocycles. The predicted octanol–water partition coefficient (Wildman–Crippen LogP) is 3.29. The minimum absolute atomic E-state index is 0.345. The molecule has 2 aromatic heterocycles. The average molecular weight is 272 g/mol. The molecule has 0 fully saturated rings. The molecule has 4 nitrogen and oxygen atoms in total. The van der Waals surface area contributed by atoms with E-state index in [0.717, 1.165) is 33.0 Å². The Hall–Kier alpha value is -2.14. The Morgan fingerprint density at radius 3 is 2.84 bits per heavy atom. The van der Waals surface area contributed by atoms with Crippen LogP contribution in [0.4, 0.5) is 5.82 Å². The third-order valence-corrected chi connectivity index (χ3v) is 4.29. The molecule has 3 aromatic rings. The fraction of sp³-hybridized carbons (Fsp3) is 0.143. The van der Waals surface area contributed by atoms with Crippen molar-refractivity contribution in [2.75, 3.05) is 5.73 Å². The van der Waals surface area contributed by atoms with E-state index in [4.69, 9.17) is 10.8 Å². The summed E-state index contributed by atoms with van der Waals surface area (Å²) in [7, 11) is 0. The molecule has 19 heavy (non-hydrogen) atoms. The van der Waals surface area contributed by atoms with Crippen LogP contribution in [0.5, 0.6) is 0 Å². The van der Waals surface area contributed by atoms with Gasteiger partial charge in [-0.3, -0.25) is 0 Å². The van der Waals surface area contributed by atoms with E-state index in [1.165, 1.54) is 11.3 Å². The summed E-state index contributed by atoms with van der Waals surface area (Å²) in [6.45, 7) is 2.02.